The molecular formula is C12H14N2O. The Kier molecular flexibility index (Phi) is 1.91. The molecule has 0 aromatic heterocycles. The molecule has 0 radical (unpaired) electrons. The number of hydrogen-bond donors (Lipinski definition) is 1. The van der Waals surface area contributed by atoms with E-state index in [0.717, 1.165) is 37.2 Å². The smallest absolute Gasteiger partial charge is 0.0906 e. The van der Waals surface area contributed by atoms with Crippen molar-refractivity contribution in [3.8, 4) is 0 Å². The van der Waals surface area contributed by atoms with Crippen LogP contribution in [0.1, 0.15) is 24.0 Å². The molecule has 3 nitrogen and oxygen atoms in total. The molecule has 1 N–H and O–H groups in total. The molecule has 0 fully saturated rings. The van der Waals surface area contributed by atoms with Crippen molar-refractivity contribution in [2.45, 2.75) is 19.3 Å². The zero-order valence-electron chi connectivity index (χ0n) is 8.61. The normalized spacial score (nSPS) is 21.6. The van der Waals surface area contributed by atoms with Crippen molar-refractivity contribution in [1.82, 2.24) is 0 Å². The molecular weight excluding hydrogens is 188 g/mol. The number of para-hydroxylation sites is 1. The largest absolute Gasteiger partial charge is 0.411 e. The quantitative estimate of drug-likeness (QED) is 0.516. The summed E-state index contributed by atoms with van der Waals surface area (Å²) in [7, 11) is 0. The average molecular weight is 202 g/mol. The Morgan fingerprint density at radius 2 is 2.13 bits per heavy atom. The number of aryl methyl sites for hydroxylation is 1. The van der Waals surface area contributed by atoms with Crippen LogP contribution in [-0.4, -0.2) is 24.0 Å². The Labute approximate surface area is 89.0 Å². The highest BCUT2D eigenvalue weighted by molar-refractivity contribution is 6.07. The van der Waals surface area contributed by atoms with Crippen LogP contribution >= 0.6 is 0 Å². The summed E-state index contributed by atoms with van der Waals surface area (Å²) >= 11 is 0. The van der Waals surface area contributed by atoms with Crippen molar-refractivity contribution in [2.75, 3.05) is 18.0 Å². The van der Waals surface area contributed by atoms with Gasteiger partial charge in [-0.05, 0) is 18.4 Å². The van der Waals surface area contributed by atoms with E-state index in [1.807, 2.05) is 0 Å². The second kappa shape index (κ2) is 3.26. The van der Waals surface area contributed by atoms with Gasteiger partial charge < -0.3 is 10.1 Å². The second-order valence-corrected chi connectivity index (χ2v) is 4.20. The first-order valence-electron chi connectivity index (χ1n) is 5.48. The van der Waals surface area contributed by atoms with Crippen LogP contribution < -0.4 is 4.90 Å². The molecule has 0 bridgehead atoms. The third-order valence-electron chi connectivity index (χ3n) is 3.36. The monoisotopic (exact) mass is 202 g/mol. The molecule has 2 heterocycles. The van der Waals surface area contributed by atoms with Gasteiger partial charge in [-0.3, -0.25) is 0 Å². The molecule has 0 spiro atoms. The molecule has 15 heavy (non-hydrogen) atoms. The van der Waals surface area contributed by atoms with Crippen molar-refractivity contribution < 1.29 is 5.21 Å². The summed E-state index contributed by atoms with van der Waals surface area (Å²) in [6, 6.07) is 6.31. The van der Waals surface area contributed by atoms with Crippen LogP contribution in [0.25, 0.3) is 0 Å². The van der Waals surface area contributed by atoms with Crippen LogP contribution in [-0.2, 0) is 6.42 Å². The molecule has 3 heteroatoms. The summed E-state index contributed by atoms with van der Waals surface area (Å²) in [4.78, 5) is 2.42. The van der Waals surface area contributed by atoms with Gasteiger partial charge in [0.25, 0.3) is 0 Å². The summed E-state index contributed by atoms with van der Waals surface area (Å²) in [6.45, 7) is 2.13. The molecule has 0 saturated heterocycles. The first-order valence-corrected chi connectivity index (χ1v) is 5.48. The van der Waals surface area contributed by atoms with Gasteiger partial charge in [0.15, 0.2) is 0 Å². The number of anilines is 1. The molecule has 1 aromatic carbocycles. The predicted octanol–water partition coefficient (Wildman–Crippen LogP) is 2.02. The summed E-state index contributed by atoms with van der Waals surface area (Å²) in [5.74, 6) is 0. The maximum Gasteiger partial charge on any atom is 0.0906 e. The lowest BCUT2D eigenvalue weighted by Gasteiger charge is -2.36. The standard InChI is InChI=1S/C12H14N2O/c15-13-11-6-8-14-7-2-4-9-3-1-5-10(11)12(9)14/h1,3,5,15H,2,4,6-8H2. The highest BCUT2D eigenvalue weighted by Crippen LogP contribution is 2.34. The van der Waals surface area contributed by atoms with E-state index in [-0.39, 0.29) is 0 Å². The Morgan fingerprint density at radius 3 is 3.00 bits per heavy atom. The number of rotatable bonds is 0. The molecule has 0 atom stereocenters. The minimum atomic E-state index is 0.838. The lowest BCUT2D eigenvalue weighted by Crippen LogP contribution is -2.36. The second-order valence-electron chi connectivity index (χ2n) is 4.20. The average Bonchev–Trinajstić information content (AvgIpc) is 2.30. The Bertz CT molecular complexity index is 426. The van der Waals surface area contributed by atoms with Gasteiger partial charge in [0.2, 0.25) is 0 Å². The molecule has 0 saturated carbocycles. The summed E-state index contributed by atoms with van der Waals surface area (Å²) < 4.78 is 0. The molecule has 3 rings (SSSR count). The van der Waals surface area contributed by atoms with E-state index in [4.69, 9.17) is 5.21 Å². The third-order valence-corrected chi connectivity index (χ3v) is 3.36. The first-order chi connectivity index (χ1) is 7.40. The molecule has 1 aromatic rings. The number of nitrogens with zero attached hydrogens (tertiary/aromatic N) is 2. The van der Waals surface area contributed by atoms with Crippen LogP contribution in [0, 0.1) is 0 Å². The zero-order chi connectivity index (χ0) is 10.3. The Morgan fingerprint density at radius 1 is 1.20 bits per heavy atom. The number of oxime groups is 1. The van der Waals surface area contributed by atoms with E-state index in [9.17, 15) is 0 Å². The van der Waals surface area contributed by atoms with Crippen molar-refractivity contribution in [3.63, 3.8) is 0 Å². The molecule has 78 valence electrons. The summed E-state index contributed by atoms with van der Waals surface area (Å²) in [5.41, 5.74) is 4.67. The molecule has 0 amide bonds. The van der Waals surface area contributed by atoms with Gasteiger partial charge in [-0.15, -0.1) is 0 Å². The predicted molar refractivity (Wildman–Crippen MR) is 59.9 cm³/mol. The first kappa shape index (κ1) is 8.77. The summed E-state index contributed by atoms with van der Waals surface area (Å²) in [5, 5.41) is 12.4. The van der Waals surface area contributed by atoms with Crippen LogP contribution in [0.3, 0.4) is 0 Å². The lowest BCUT2D eigenvalue weighted by molar-refractivity contribution is 0.317. The van der Waals surface area contributed by atoms with Crippen LogP contribution in [0.5, 0.6) is 0 Å². The maximum absolute atomic E-state index is 8.98. The fraction of sp³-hybridized carbons (Fsp3) is 0.417. The van der Waals surface area contributed by atoms with E-state index in [2.05, 4.69) is 28.3 Å². The third kappa shape index (κ3) is 1.23. The fourth-order valence-corrected chi connectivity index (χ4v) is 2.67. The zero-order valence-corrected chi connectivity index (χ0v) is 8.61. The van der Waals surface area contributed by atoms with Gasteiger partial charge in [0.1, 0.15) is 0 Å². The maximum atomic E-state index is 8.98. The van der Waals surface area contributed by atoms with Crippen LogP contribution in [0.4, 0.5) is 5.69 Å². The van der Waals surface area contributed by atoms with Gasteiger partial charge in [-0.1, -0.05) is 23.4 Å². The van der Waals surface area contributed by atoms with E-state index >= 15 is 0 Å². The van der Waals surface area contributed by atoms with E-state index in [1.165, 1.54) is 17.7 Å². The Balaban J connectivity index is 2.22. The van der Waals surface area contributed by atoms with Crippen LogP contribution in [0.2, 0.25) is 0 Å². The number of benzene rings is 1. The van der Waals surface area contributed by atoms with Gasteiger partial charge in [0.05, 0.1) is 5.71 Å². The minimum Gasteiger partial charge on any atom is -0.411 e. The van der Waals surface area contributed by atoms with Crippen molar-refractivity contribution >= 4 is 11.4 Å². The van der Waals surface area contributed by atoms with Crippen LogP contribution in [0.15, 0.2) is 23.4 Å². The van der Waals surface area contributed by atoms with Gasteiger partial charge in [0, 0.05) is 30.8 Å². The fourth-order valence-electron chi connectivity index (χ4n) is 2.67. The molecule has 0 unspecified atom stereocenters. The van der Waals surface area contributed by atoms with E-state index < -0.39 is 0 Å². The van der Waals surface area contributed by atoms with Gasteiger partial charge in [-0.25, -0.2) is 0 Å². The highest BCUT2D eigenvalue weighted by atomic mass is 16.4. The van der Waals surface area contributed by atoms with E-state index in [1.54, 1.807) is 0 Å². The van der Waals surface area contributed by atoms with Crippen molar-refractivity contribution in [3.05, 3.63) is 29.3 Å². The van der Waals surface area contributed by atoms with E-state index in [0.29, 0.717) is 0 Å². The SMILES string of the molecule is ON=C1CCN2CCCc3cccc1c32. The molecule has 0 aliphatic carbocycles. The minimum absolute atomic E-state index is 0.838. The molecule has 2 aliphatic rings. The highest BCUT2D eigenvalue weighted by Gasteiger charge is 2.26. The lowest BCUT2D eigenvalue weighted by atomic mass is 9.91. The Hall–Kier alpha value is -1.51. The molecule has 2 aliphatic heterocycles. The van der Waals surface area contributed by atoms with Crippen molar-refractivity contribution in [1.29, 1.82) is 0 Å². The number of hydrogen-bond acceptors (Lipinski definition) is 3. The topological polar surface area (TPSA) is 35.8 Å². The summed E-state index contributed by atoms with van der Waals surface area (Å²) in [6.07, 6.45) is 3.24. The van der Waals surface area contributed by atoms with Crippen molar-refractivity contribution in [2.24, 2.45) is 5.16 Å². The van der Waals surface area contributed by atoms with Gasteiger partial charge in [-0.2, -0.15) is 0 Å². The van der Waals surface area contributed by atoms with Gasteiger partial charge >= 0.3 is 0 Å².